The normalized spacial score (nSPS) is 11.4. The topological polar surface area (TPSA) is 72.9 Å². The van der Waals surface area contributed by atoms with Crippen LogP contribution in [0, 0.1) is 6.92 Å². The van der Waals surface area contributed by atoms with Crippen LogP contribution in [0.2, 0.25) is 0 Å². The Labute approximate surface area is 125 Å². The number of hydrogen-bond donors (Lipinski definition) is 2. The van der Waals surface area contributed by atoms with E-state index in [-0.39, 0.29) is 5.91 Å². The Morgan fingerprint density at radius 3 is 2.48 bits per heavy atom. The second-order valence-electron chi connectivity index (χ2n) is 5.81. The molecule has 21 heavy (non-hydrogen) atoms. The van der Waals surface area contributed by atoms with Crippen LogP contribution in [-0.2, 0) is 23.8 Å². The van der Waals surface area contributed by atoms with Crippen LogP contribution in [0.4, 0.5) is 5.69 Å². The minimum Gasteiger partial charge on any atom is -0.399 e. The first-order chi connectivity index (χ1) is 9.82. The monoisotopic (exact) mass is 286 g/mol. The number of aromatic nitrogens is 2. The molecule has 0 unspecified atom stereocenters. The van der Waals surface area contributed by atoms with Crippen molar-refractivity contribution >= 4 is 11.6 Å². The standard InChI is InChI=1S/C16H22N4O/c1-11-12(10-19-20(11)4)9-18-15(21)16(2,3)13-5-7-14(17)8-6-13/h5-8,10H,9,17H2,1-4H3,(H,18,21). The van der Waals surface area contributed by atoms with Gasteiger partial charge >= 0.3 is 0 Å². The average Bonchev–Trinajstić information content (AvgIpc) is 2.76. The van der Waals surface area contributed by atoms with Crippen LogP contribution in [0.3, 0.4) is 0 Å². The lowest BCUT2D eigenvalue weighted by Gasteiger charge is -2.24. The van der Waals surface area contributed by atoms with E-state index in [0.29, 0.717) is 12.2 Å². The van der Waals surface area contributed by atoms with Crippen LogP contribution >= 0.6 is 0 Å². The van der Waals surface area contributed by atoms with Crippen LogP contribution in [0.1, 0.15) is 30.7 Å². The second kappa shape index (κ2) is 5.60. The third-order valence-corrected chi connectivity index (χ3v) is 3.98. The van der Waals surface area contributed by atoms with Crippen molar-refractivity contribution in [3.05, 3.63) is 47.3 Å². The number of carbonyl (C=O) groups excluding carboxylic acids is 1. The number of benzene rings is 1. The quantitative estimate of drug-likeness (QED) is 0.843. The zero-order valence-electron chi connectivity index (χ0n) is 13.0. The lowest BCUT2D eigenvalue weighted by atomic mass is 9.83. The number of hydrogen-bond acceptors (Lipinski definition) is 3. The van der Waals surface area contributed by atoms with Crippen molar-refractivity contribution in [2.24, 2.45) is 7.05 Å². The van der Waals surface area contributed by atoms with Gasteiger partial charge in [-0.2, -0.15) is 5.10 Å². The molecule has 3 N–H and O–H groups in total. The van der Waals surface area contributed by atoms with E-state index in [4.69, 9.17) is 5.73 Å². The molecule has 1 amide bonds. The molecule has 5 heteroatoms. The summed E-state index contributed by atoms with van der Waals surface area (Å²) in [6, 6.07) is 7.42. The van der Waals surface area contributed by atoms with Gasteiger partial charge in [0.25, 0.3) is 0 Å². The van der Waals surface area contributed by atoms with E-state index in [1.165, 1.54) is 0 Å². The fourth-order valence-electron chi connectivity index (χ4n) is 2.15. The Hall–Kier alpha value is -2.30. The third kappa shape index (κ3) is 3.07. The highest BCUT2D eigenvalue weighted by Crippen LogP contribution is 2.24. The summed E-state index contributed by atoms with van der Waals surface area (Å²) >= 11 is 0. The van der Waals surface area contributed by atoms with E-state index in [1.807, 2.05) is 52.1 Å². The molecule has 0 radical (unpaired) electrons. The summed E-state index contributed by atoms with van der Waals surface area (Å²) < 4.78 is 1.80. The van der Waals surface area contributed by atoms with Gasteiger partial charge < -0.3 is 11.1 Å². The van der Waals surface area contributed by atoms with Crippen molar-refractivity contribution in [2.75, 3.05) is 5.73 Å². The molecule has 1 aromatic heterocycles. The number of nitrogen functional groups attached to an aromatic ring is 1. The Bertz CT molecular complexity index is 641. The van der Waals surface area contributed by atoms with E-state index in [1.54, 1.807) is 10.9 Å². The number of rotatable bonds is 4. The van der Waals surface area contributed by atoms with Crippen molar-refractivity contribution in [2.45, 2.75) is 32.7 Å². The largest absolute Gasteiger partial charge is 0.399 e. The van der Waals surface area contributed by atoms with Crippen molar-refractivity contribution in [1.29, 1.82) is 0 Å². The molecule has 0 fully saturated rings. The van der Waals surface area contributed by atoms with E-state index >= 15 is 0 Å². The highest BCUT2D eigenvalue weighted by atomic mass is 16.2. The molecule has 0 bridgehead atoms. The Morgan fingerprint density at radius 1 is 1.33 bits per heavy atom. The molecule has 0 aliphatic heterocycles. The molecule has 112 valence electrons. The Morgan fingerprint density at radius 2 is 1.95 bits per heavy atom. The average molecular weight is 286 g/mol. The van der Waals surface area contributed by atoms with Gasteiger partial charge in [-0.15, -0.1) is 0 Å². The highest BCUT2D eigenvalue weighted by molar-refractivity contribution is 5.87. The zero-order valence-corrected chi connectivity index (χ0v) is 13.0. The maximum absolute atomic E-state index is 12.5. The SMILES string of the molecule is Cc1c(CNC(=O)C(C)(C)c2ccc(N)cc2)cnn1C. The first-order valence-corrected chi connectivity index (χ1v) is 6.94. The van der Waals surface area contributed by atoms with Gasteiger partial charge in [-0.3, -0.25) is 9.48 Å². The molecule has 0 atom stereocenters. The van der Waals surface area contributed by atoms with Crippen LogP contribution in [0.15, 0.2) is 30.5 Å². The number of nitrogens with two attached hydrogens (primary N) is 1. The molecule has 2 aromatic rings. The Balaban J connectivity index is 2.08. The first kappa shape index (κ1) is 15.1. The van der Waals surface area contributed by atoms with Crippen molar-refractivity contribution in [1.82, 2.24) is 15.1 Å². The number of carbonyl (C=O) groups is 1. The zero-order chi connectivity index (χ0) is 15.6. The lowest BCUT2D eigenvalue weighted by Crippen LogP contribution is -2.39. The lowest BCUT2D eigenvalue weighted by molar-refractivity contribution is -0.125. The molecule has 0 aliphatic carbocycles. The summed E-state index contributed by atoms with van der Waals surface area (Å²) in [4.78, 5) is 12.5. The molecule has 1 heterocycles. The predicted octanol–water partition coefficient (Wildman–Crippen LogP) is 1.90. The summed E-state index contributed by atoms with van der Waals surface area (Å²) in [5.74, 6) is -0.0180. The molecule has 5 nitrogen and oxygen atoms in total. The van der Waals surface area contributed by atoms with E-state index in [9.17, 15) is 4.79 Å². The molecule has 0 spiro atoms. The maximum Gasteiger partial charge on any atom is 0.230 e. The number of amides is 1. The summed E-state index contributed by atoms with van der Waals surface area (Å²) in [6.07, 6.45) is 1.78. The number of anilines is 1. The second-order valence-corrected chi connectivity index (χ2v) is 5.81. The fraction of sp³-hybridized carbons (Fsp3) is 0.375. The molecular weight excluding hydrogens is 264 g/mol. The molecule has 1 aromatic carbocycles. The van der Waals surface area contributed by atoms with Crippen LogP contribution in [0.25, 0.3) is 0 Å². The summed E-state index contributed by atoms with van der Waals surface area (Å²) in [5, 5.41) is 7.16. The first-order valence-electron chi connectivity index (χ1n) is 6.94. The highest BCUT2D eigenvalue weighted by Gasteiger charge is 2.29. The molecule has 0 saturated heterocycles. The smallest absolute Gasteiger partial charge is 0.230 e. The van der Waals surface area contributed by atoms with Gasteiger partial charge in [-0.1, -0.05) is 12.1 Å². The molecule has 0 saturated carbocycles. The maximum atomic E-state index is 12.5. The van der Waals surface area contributed by atoms with Gasteiger partial charge in [0.15, 0.2) is 0 Å². The van der Waals surface area contributed by atoms with Crippen molar-refractivity contribution in [3.8, 4) is 0 Å². The third-order valence-electron chi connectivity index (χ3n) is 3.98. The van der Waals surface area contributed by atoms with Crippen LogP contribution in [-0.4, -0.2) is 15.7 Å². The van der Waals surface area contributed by atoms with Crippen LogP contribution in [0.5, 0.6) is 0 Å². The van der Waals surface area contributed by atoms with Crippen LogP contribution < -0.4 is 11.1 Å². The molecular formula is C16H22N4O. The van der Waals surface area contributed by atoms with Crippen molar-refractivity contribution < 1.29 is 4.79 Å². The van der Waals surface area contributed by atoms with E-state index in [0.717, 1.165) is 16.8 Å². The van der Waals surface area contributed by atoms with Gasteiger partial charge in [0, 0.05) is 30.5 Å². The van der Waals surface area contributed by atoms with Gasteiger partial charge in [0.2, 0.25) is 5.91 Å². The molecule has 0 aliphatic rings. The fourth-order valence-corrected chi connectivity index (χ4v) is 2.15. The minimum absolute atomic E-state index is 0.0180. The number of nitrogens with one attached hydrogen (secondary N) is 1. The van der Waals surface area contributed by atoms with Gasteiger partial charge in [-0.05, 0) is 38.5 Å². The summed E-state index contributed by atoms with van der Waals surface area (Å²) in [5.41, 5.74) is 8.80. The van der Waals surface area contributed by atoms with E-state index < -0.39 is 5.41 Å². The molecule has 2 rings (SSSR count). The van der Waals surface area contributed by atoms with Gasteiger partial charge in [0.05, 0.1) is 11.6 Å². The minimum atomic E-state index is -0.607. The number of nitrogens with zero attached hydrogens (tertiary/aromatic N) is 2. The van der Waals surface area contributed by atoms with Gasteiger partial charge in [0.1, 0.15) is 0 Å². The number of aryl methyl sites for hydroxylation is 1. The van der Waals surface area contributed by atoms with Gasteiger partial charge in [-0.25, -0.2) is 0 Å². The van der Waals surface area contributed by atoms with Crippen molar-refractivity contribution in [3.63, 3.8) is 0 Å². The Kier molecular flexibility index (Phi) is 4.02. The predicted molar refractivity (Wildman–Crippen MR) is 83.7 cm³/mol. The summed E-state index contributed by atoms with van der Waals surface area (Å²) in [7, 11) is 1.89. The summed E-state index contributed by atoms with van der Waals surface area (Å²) in [6.45, 7) is 6.28. The van der Waals surface area contributed by atoms with E-state index in [2.05, 4.69) is 10.4 Å².